The normalized spacial score (nSPS) is 37.6. The summed E-state index contributed by atoms with van der Waals surface area (Å²) in [6, 6.07) is 2.67. The maximum atomic E-state index is 9.65. The van der Waals surface area contributed by atoms with Gasteiger partial charge in [-0.15, -0.1) is 0 Å². The van der Waals surface area contributed by atoms with Gasteiger partial charge in [-0.05, 0) is 44.5 Å². The Morgan fingerprint density at radius 2 is 1.88 bits per heavy atom. The second kappa shape index (κ2) is 5.42. The average Bonchev–Trinajstić information content (AvgIpc) is 2.59. The fourth-order valence-electron chi connectivity index (χ4n) is 3.05. The summed E-state index contributed by atoms with van der Waals surface area (Å²) in [5, 5.41) is 10.1. The van der Waals surface area contributed by atoms with Crippen LogP contribution in [0.5, 0.6) is 0 Å². The molecule has 90 valence electrons. The van der Waals surface area contributed by atoms with Crippen molar-refractivity contribution in [3.8, 4) is 6.07 Å². The van der Waals surface area contributed by atoms with E-state index in [0.29, 0.717) is 5.25 Å². The zero-order valence-electron chi connectivity index (χ0n) is 10.2. The molecule has 0 aromatic carbocycles. The molecular formula is C13H22N2S. The number of hydrogen-bond acceptors (Lipinski definition) is 3. The van der Waals surface area contributed by atoms with Crippen molar-refractivity contribution in [2.75, 3.05) is 18.8 Å². The smallest absolute Gasteiger partial charge is 0.120 e. The minimum atomic E-state index is -0.159. The lowest BCUT2D eigenvalue weighted by molar-refractivity contribution is 0.128. The van der Waals surface area contributed by atoms with E-state index in [1.807, 2.05) is 11.8 Å². The zero-order valence-corrected chi connectivity index (χ0v) is 11.1. The molecule has 16 heavy (non-hydrogen) atoms. The Morgan fingerprint density at radius 3 is 2.44 bits per heavy atom. The van der Waals surface area contributed by atoms with E-state index < -0.39 is 0 Å². The SMILES string of the molecule is CC1SCCCC1(C#N)N1CCCCCC1. The highest BCUT2D eigenvalue weighted by Crippen LogP contribution is 2.39. The molecule has 0 aromatic heterocycles. The lowest BCUT2D eigenvalue weighted by atomic mass is 9.88. The first kappa shape index (κ1) is 12.3. The zero-order chi connectivity index (χ0) is 11.4. The van der Waals surface area contributed by atoms with Gasteiger partial charge in [0.25, 0.3) is 0 Å². The third-order valence-corrected chi connectivity index (χ3v) is 5.52. The lowest BCUT2D eigenvalue weighted by Crippen LogP contribution is -2.55. The molecule has 2 saturated heterocycles. The Bertz CT molecular complexity index is 266. The number of thioether (sulfide) groups is 1. The number of likely N-dealkylation sites (tertiary alicyclic amines) is 1. The highest BCUT2D eigenvalue weighted by Gasteiger charge is 2.44. The molecule has 0 saturated carbocycles. The summed E-state index contributed by atoms with van der Waals surface area (Å²) in [4.78, 5) is 2.50. The Labute approximate surface area is 103 Å². The van der Waals surface area contributed by atoms with E-state index >= 15 is 0 Å². The molecule has 0 amide bonds. The Hall–Kier alpha value is -0.200. The third kappa shape index (κ3) is 2.24. The highest BCUT2D eigenvalue weighted by molar-refractivity contribution is 8.00. The van der Waals surface area contributed by atoms with Crippen LogP contribution in [0.2, 0.25) is 0 Å². The molecule has 0 aromatic rings. The first-order chi connectivity index (χ1) is 7.79. The first-order valence-electron chi connectivity index (χ1n) is 6.57. The lowest BCUT2D eigenvalue weighted by Gasteiger charge is -2.44. The minimum absolute atomic E-state index is 0.159. The second-order valence-corrected chi connectivity index (χ2v) is 6.50. The number of hydrogen-bond donors (Lipinski definition) is 0. The number of nitriles is 1. The van der Waals surface area contributed by atoms with Crippen molar-refractivity contribution in [3.05, 3.63) is 0 Å². The van der Waals surface area contributed by atoms with Crippen LogP contribution in [0.25, 0.3) is 0 Å². The fraction of sp³-hybridized carbons (Fsp3) is 0.923. The van der Waals surface area contributed by atoms with Crippen molar-refractivity contribution in [1.29, 1.82) is 5.26 Å². The van der Waals surface area contributed by atoms with Crippen LogP contribution in [0.15, 0.2) is 0 Å². The Kier molecular flexibility index (Phi) is 4.16. The number of rotatable bonds is 1. The van der Waals surface area contributed by atoms with Crippen molar-refractivity contribution in [2.45, 2.75) is 56.2 Å². The van der Waals surface area contributed by atoms with Crippen molar-refractivity contribution in [1.82, 2.24) is 4.90 Å². The molecule has 2 nitrogen and oxygen atoms in total. The quantitative estimate of drug-likeness (QED) is 0.702. The molecule has 2 aliphatic rings. The van der Waals surface area contributed by atoms with Crippen molar-refractivity contribution < 1.29 is 0 Å². The van der Waals surface area contributed by atoms with Gasteiger partial charge < -0.3 is 0 Å². The van der Waals surface area contributed by atoms with E-state index in [9.17, 15) is 5.26 Å². The maximum Gasteiger partial charge on any atom is 0.120 e. The molecule has 2 fully saturated rings. The summed E-state index contributed by atoms with van der Waals surface area (Å²) < 4.78 is 0. The standard InChI is InChI=1S/C13H22N2S/c1-12-13(11-14,7-6-10-16-12)15-8-4-2-3-5-9-15/h12H,2-10H2,1H3. The van der Waals surface area contributed by atoms with Crippen LogP contribution in [0.1, 0.15) is 45.4 Å². The second-order valence-electron chi connectivity index (χ2n) is 5.05. The monoisotopic (exact) mass is 238 g/mol. The van der Waals surface area contributed by atoms with Gasteiger partial charge in [0.05, 0.1) is 6.07 Å². The predicted molar refractivity (Wildman–Crippen MR) is 69.5 cm³/mol. The minimum Gasteiger partial charge on any atom is -0.285 e. The summed E-state index contributed by atoms with van der Waals surface area (Å²) in [6.07, 6.45) is 7.54. The molecule has 2 unspecified atom stereocenters. The highest BCUT2D eigenvalue weighted by atomic mass is 32.2. The molecule has 2 atom stereocenters. The molecule has 0 aliphatic carbocycles. The number of nitrogens with zero attached hydrogens (tertiary/aromatic N) is 2. The van der Waals surface area contributed by atoms with E-state index in [4.69, 9.17) is 0 Å². The van der Waals surface area contributed by atoms with Crippen LogP contribution in [0, 0.1) is 11.3 Å². The Balaban J connectivity index is 2.15. The third-order valence-electron chi connectivity index (χ3n) is 4.11. The van der Waals surface area contributed by atoms with Crippen molar-refractivity contribution in [3.63, 3.8) is 0 Å². The van der Waals surface area contributed by atoms with Crippen LogP contribution >= 0.6 is 11.8 Å². The van der Waals surface area contributed by atoms with Gasteiger partial charge in [0.2, 0.25) is 0 Å². The van der Waals surface area contributed by atoms with Crippen LogP contribution in [0.4, 0.5) is 0 Å². The van der Waals surface area contributed by atoms with Gasteiger partial charge in [-0.25, -0.2) is 0 Å². The van der Waals surface area contributed by atoms with Crippen molar-refractivity contribution in [2.24, 2.45) is 0 Å². The van der Waals surface area contributed by atoms with Gasteiger partial charge in [0, 0.05) is 5.25 Å². The molecule has 3 heteroatoms. The van der Waals surface area contributed by atoms with E-state index in [2.05, 4.69) is 17.9 Å². The molecule has 0 spiro atoms. The summed E-state index contributed by atoms with van der Waals surface area (Å²) in [7, 11) is 0. The molecule has 2 rings (SSSR count). The molecule has 0 bridgehead atoms. The predicted octanol–water partition coefficient (Wildman–Crippen LogP) is 3.04. The Morgan fingerprint density at radius 1 is 1.19 bits per heavy atom. The molecule has 2 aliphatic heterocycles. The van der Waals surface area contributed by atoms with Crippen LogP contribution in [-0.2, 0) is 0 Å². The van der Waals surface area contributed by atoms with Crippen LogP contribution < -0.4 is 0 Å². The molecule has 0 radical (unpaired) electrons. The van der Waals surface area contributed by atoms with Gasteiger partial charge in [0.15, 0.2) is 0 Å². The van der Waals surface area contributed by atoms with E-state index in [0.717, 1.165) is 19.5 Å². The van der Waals surface area contributed by atoms with Gasteiger partial charge in [-0.3, -0.25) is 4.90 Å². The molecule has 2 heterocycles. The molecule has 0 N–H and O–H groups in total. The summed E-state index contributed by atoms with van der Waals surface area (Å²) in [6.45, 7) is 4.52. The van der Waals surface area contributed by atoms with E-state index in [1.54, 1.807) is 0 Å². The van der Waals surface area contributed by atoms with Gasteiger partial charge in [0.1, 0.15) is 5.54 Å². The van der Waals surface area contributed by atoms with Gasteiger partial charge >= 0.3 is 0 Å². The largest absolute Gasteiger partial charge is 0.285 e. The van der Waals surface area contributed by atoms with Crippen LogP contribution in [0.3, 0.4) is 0 Å². The molecular weight excluding hydrogens is 216 g/mol. The average molecular weight is 238 g/mol. The van der Waals surface area contributed by atoms with Crippen molar-refractivity contribution >= 4 is 11.8 Å². The first-order valence-corrected chi connectivity index (χ1v) is 7.62. The van der Waals surface area contributed by atoms with E-state index in [1.165, 1.54) is 37.9 Å². The van der Waals surface area contributed by atoms with E-state index in [-0.39, 0.29) is 5.54 Å². The summed E-state index contributed by atoms with van der Waals surface area (Å²) in [5.41, 5.74) is -0.159. The fourth-order valence-corrected chi connectivity index (χ4v) is 4.31. The van der Waals surface area contributed by atoms with Crippen LogP contribution in [-0.4, -0.2) is 34.5 Å². The summed E-state index contributed by atoms with van der Waals surface area (Å²) in [5.74, 6) is 1.23. The topological polar surface area (TPSA) is 27.0 Å². The van der Waals surface area contributed by atoms with Gasteiger partial charge in [-0.1, -0.05) is 19.8 Å². The van der Waals surface area contributed by atoms with Gasteiger partial charge in [-0.2, -0.15) is 17.0 Å². The maximum absolute atomic E-state index is 9.65. The summed E-state index contributed by atoms with van der Waals surface area (Å²) >= 11 is 1.99.